The minimum absolute atomic E-state index is 0.0557. The fourth-order valence-electron chi connectivity index (χ4n) is 2.70. The van der Waals surface area contributed by atoms with Crippen LogP contribution < -0.4 is 0 Å². The second-order valence-corrected chi connectivity index (χ2v) is 5.47. The first kappa shape index (κ1) is 14.1. The van der Waals surface area contributed by atoms with Gasteiger partial charge in [0.2, 0.25) is 0 Å². The molecular weight excluding hydrogens is 240 g/mol. The fourth-order valence-corrected chi connectivity index (χ4v) is 2.70. The van der Waals surface area contributed by atoms with Crippen LogP contribution in [0.25, 0.3) is 0 Å². The number of ether oxygens (including phenoxy) is 1. The number of hydrogen-bond acceptors (Lipinski definition) is 2. The topological polar surface area (TPSA) is 46.5 Å². The molecule has 3 heteroatoms. The summed E-state index contributed by atoms with van der Waals surface area (Å²) in [5, 5.41) is 8.74. The number of aryl methyl sites for hydroxylation is 1. The maximum Gasteiger partial charge on any atom is 0.303 e. The van der Waals surface area contributed by atoms with Crippen LogP contribution >= 0.6 is 0 Å². The molecule has 0 spiro atoms. The largest absolute Gasteiger partial charge is 0.481 e. The Morgan fingerprint density at radius 2 is 2.00 bits per heavy atom. The van der Waals surface area contributed by atoms with Crippen LogP contribution in [0.3, 0.4) is 0 Å². The predicted octanol–water partition coefficient (Wildman–Crippen LogP) is 3.16. The lowest BCUT2D eigenvalue weighted by atomic mass is 9.74. The van der Waals surface area contributed by atoms with Crippen LogP contribution in [0.4, 0.5) is 0 Å². The van der Waals surface area contributed by atoms with Gasteiger partial charge in [0.15, 0.2) is 0 Å². The lowest BCUT2D eigenvalue weighted by molar-refractivity contribution is -0.137. The molecule has 19 heavy (non-hydrogen) atoms. The van der Waals surface area contributed by atoms with E-state index in [9.17, 15) is 4.79 Å². The van der Waals surface area contributed by atoms with Crippen molar-refractivity contribution in [2.75, 3.05) is 13.2 Å². The zero-order valence-corrected chi connectivity index (χ0v) is 11.5. The van der Waals surface area contributed by atoms with Crippen molar-refractivity contribution in [3.63, 3.8) is 0 Å². The second-order valence-electron chi connectivity index (χ2n) is 5.47. The lowest BCUT2D eigenvalue weighted by Crippen LogP contribution is -2.46. The van der Waals surface area contributed by atoms with Crippen molar-refractivity contribution in [3.05, 3.63) is 35.4 Å². The van der Waals surface area contributed by atoms with Gasteiger partial charge in [0.05, 0.1) is 13.2 Å². The molecule has 0 saturated carbocycles. The summed E-state index contributed by atoms with van der Waals surface area (Å²) in [6.45, 7) is 3.63. The van der Waals surface area contributed by atoms with Crippen molar-refractivity contribution in [2.45, 2.75) is 44.4 Å². The fraction of sp³-hybridized carbons (Fsp3) is 0.562. The third-order valence-electron chi connectivity index (χ3n) is 3.91. The number of rotatable bonds is 7. The number of carbonyl (C=O) groups is 1. The van der Waals surface area contributed by atoms with Gasteiger partial charge in [-0.15, -0.1) is 0 Å². The van der Waals surface area contributed by atoms with Crippen LogP contribution in [0, 0.1) is 0 Å². The summed E-state index contributed by atoms with van der Waals surface area (Å²) in [4.78, 5) is 10.6. The molecule has 0 bridgehead atoms. The van der Waals surface area contributed by atoms with Crippen molar-refractivity contribution in [1.29, 1.82) is 0 Å². The van der Waals surface area contributed by atoms with E-state index in [0.717, 1.165) is 38.9 Å². The number of aliphatic carboxylic acids is 1. The molecule has 0 radical (unpaired) electrons. The molecule has 2 rings (SSSR count). The molecule has 0 atom stereocenters. The monoisotopic (exact) mass is 262 g/mol. The van der Waals surface area contributed by atoms with Crippen LogP contribution in [-0.2, 0) is 21.4 Å². The minimum Gasteiger partial charge on any atom is -0.481 e. The standard InChI is InChI=1S/C16H22O3/c1-2-4-13-6-8-14(9-7-13)16(11-19-12-16)10-3-5-15(17)18/h6-9H,2-5,10-12H2,1H3,(H,17,18). The molecule has 1 aliphatic rings. The highest BCUT2D eigenvalue weighted by Crippen LogP contribution is 2.37. The Morgan fingerprint density at radius 3 is 2.47 bits per heavy atom. The second kappa shape index (κ2) is 6.20. The molecule has 104 valence electrons. The first-order valence-corrected chi connectivity index (χ1v) is 7.05. The van der Waals surface area contributed by atoms with Gasteiger partial charge < -0.3 is 9.84 Å². The summed E-state index contributed by atoms with van der Waals surface area (Å²) in [6.07, 6.45) is 4.13. The maximum atomic E-state index is 10.6. The maximum absolute atomic E-state index is 10.6. The van der Waals surface area contributed by atoms with Crippen LogP contribution in [0.2, 0.25) is 0 Å². The van der Waals surface area contributed by atoms with Gasteiger partial charge in [-0.2, -0.15) is 0 Å². The number of carboxylic acid groups (broad SMARTS) is 1. The zero-order chi connectivity index (χ0) is 13.7. The van der Waals surface area contributed by atoms with Crippen LogP contribution in [0.5, 0.6) is 0 Å². The highest BCUT2D eigenvalue weighted by Gasteiger charge is 2.39. The van der Waals surface area contributed by atoms with Gasteiger partial charge in [-0.1, -0.05) is 37.6 Å². The molecule has 1 saturated heterocycles. The van der Waals surface area contributed by atoms with Crippen LogP contribution in [0.15, 0.2) is 24.3 Å². The van der Waals surface area contributed by atoms with Gasteiger partial charge in [0, 0.05) is 11.8 Å². The van der Waals surface area contributed by atoms with Gasteiger partial charge in [-0.05, 0) is 30.4 Å². The Balaban J connectivity index is 2.01. The normalized spacial score (nSPS) is 16.9. The zero-order valence-electron chi connectivity index (χ0n) is 11.5. The molecule has 1 aliphatic heterocycles. The molecule has 1 heterocycles. The van der Waals surface area contributed by atoms with E-state index in [1.165, 1.54) is 11.1 Å². The van der Waals surface area contributed by atoms with E-state index in [4.69, 9.17) is 9.84 Å². The Hall–Kier alpha value is -1.35. The smallest absolute Gasteiger partial charge is 0.303 e. The van der Waals surface area contributed by atoms with Crippen LogP contribution in [0.1, 0.15) is 43.7 Å². The SMILES string of the molecule is CCCc1ccc(C2(CCCC(=O)O)COC2)cc1. The summed E-state index contributed by atoms with van der Waals surface area (Å²) in [5.41, 5.74) is 2.72. The molecule has 1 N–H and O–H groups in total. The number of benzene rings is 1. The van der Waals surface area contributed by atoms with Crippen molar-refractivity contribution in [1.82, 2.24) is 0 Å². The van der Waals surface area contributed by atoms with E-state index < -0.39 is 5.97 Å². The number of hydrogen-bond donors (Lipinski definition) is 1. The highest BCUT2D eigenvalue weighted by atomic mass is 16.5. The third kappa shape index (κ3) is 3.35. The molecule has 1 aromatic rings. The molecule has 0 unspecified atom stereocenters. The van der Waals surface area contributed by atoms with Crippen molar-refractivity contribution in [3.8, 4) is 0 Å². The summed E-state index contributed by atoms with van der Waals surface area (Å²) in [5.74, 6) is -0.714. The molecule has 0 aliphatic carbocycles. The van der Waals surface area contributed by atoms with Gasteiger partial charge >= 0.3 is 5.97 Å². The van der Waals surface area contributed by atoms with E-state index in [2.05, 4.69) is 31.2 Å². The first-order valence-electron chi connectivity index (χ1n) is 7.05. The van der Waals surface area contributed by atoms with Crippen molar-refractivity contribution >= 4 is 5.97 Å². The quantitative estimate of drug-likeness (QED) is 0.821. The van der Waals surface area contributed by atoms with Gasteiger partial charge in [-0.25, -0.2) is 0 Å². The molecule has 0 aromatic heterocycles. The third-order valence-corrected chi connectivity index (χ3v) is 3.91. The minimum atomic E-state index is -0.714. The molecule has 1 fully saturated rings. The van der Waals surface area contributed by atoms with Gasteiger partial charge in [0.25, 0.3) is 0 Å². The Kier molecular flexibility index (Phi) is 4.59. The highest BCUT2D eigenvalue weighted by molar-refractivity contribution is 5.66. The number of carboxylic acids is 1. The molecule has 1 aromatic carbocycles. The van der Waals surface area contributed by atoms with Gasteiger partial charge in [0.1, 0.15) is 0 Å². The Labute approximate surface area is 114 Å². The molecular formula is C16H22O3. The molecule has 0 amide bonds. The van der Waals surface area contributed by atoms with Crippen LogP contribution in [-0.4, -0.2) is 24.3 Å². The summed E-state index contributed by atoms with van der Waals surface area (Å²) in [6, 6.07) is 8.76. The Bertz CT molecular complexity index is 418. The van der Waals surface area contributed by atoms with E-state index in [-0.39, 0.29) is 11.8 Å². The average Bonchev–Trinajstić information content (AvgIpc) is 2.34. The van der Waals surface area contributed by atoms with Crippen molar-refractivity contribution < 1.29 is 14.6 Å². The summed E-state index contributed by atoms with van der Waals surface area (Å²) >= 11 is 0. The predicted molar refractivity (Wildman–Crippen MR) is 74.4 cm³/mol. The lowest BCUT2D eigenvalue weighted by Gasteiger charge is -2.42. The first-order chi connectivity index (χ1) is 9.16. The van der Waals surface area contributed by atoms with E-state index in [1.807, 2.05) is 0 Å². The Morgan fingerprint density at radius 1 is 1.32 bits per heavy atom. The van der Waals surface area contributed by atoms with E-state index in [0.29, 0.717) is 0 Å². The van der Waals surface area contributed by atoms with E-state index >= 15 is 0 Å². The van der Waals surface area contributed by atoms with E-state index in [1.54, 1.807) is 0 Å². The average molecular weight is 262 g/mol. The molecule has 3 nitrogen and oxygen atoms in total. The van der Waals surface area contributed by atoms with Gasteiger partial charge in [-0.3, -0.25) is 4.79 Å². The summed E-state index contributed by atoms with van der Waals surface area (Å²) < 4.78 is 5.38. The summed E-state index contributed by atoms with van der Waals surface area (Å²) in [7, 11) is 0. The van der Waals surface area contributed by atoms with Crippen molar-refractivity contribution in [2.24, 2.45) is 0 Å².